The second-order valence-electron chi connectivity index (χ2n) is 5.28. The van der Waals surface area contributed by atoms with Gasteiger partial charge in [-0.05, 0) is 40.6 Å². The Hall–Kier alpha value is -2.60. The van der Waals surface area contributed by atoms with E-state index >= 15 is 0 Å². The molecule has 0 unspecified atom stereocenters. The highest BCUT2D eigenvalue weighted by Gasteiger charge is 2.14. The third-order valence-electron chi connectivity index (χ3n) is 3.77. The van der Waals surface area contributed by atoms with Crippen molar-refractivity contribution in [3.05, 3.63) is 69.1 Å². The number of aromatic nitrogens is 4. The number of nitrogens with zero attached hydrogens (tertiary/aromatic N) is 4. The average molecular weight is 345 g/mol. The molecule has 0 saturated carbocycles. The summed E-state index contributed by atoms with van der Waals surface area (Å²) >= 11 is 6.33. The van der Waals surface area contributed by atoms with E-state index in [-0.39, 0.29) is 12.3 Å². The van der Waals surface area contributed by atoms with Crippen molar-refractivity contribution in [1.29, 1.82) is 0 Å². The highest BCUT2D eigenvalue weighted by molar-refractivity contribution is 6.31. The lowest BCUT2D eigenvalue weighted by molar-refractivity contribution is 0.302. The second-order valence-corrected chi connectivity index (χ2v) is 5.69. The summed E-state index contributed by atoms with van der Waals surface area (Å²) in [6.45, 7) is 2.30. The summed E-state index contributed by atoms with van der Waals surface area (Å²) in [5, 5.41) is 8.13. The maximum atomic E-state index is 12.1. The van der Waals surface area contributed by atoms with E-state index < -0.39 is 0 Å². The third kappa shape index (κ3) is 3.05. The molecule has 1 heterocycles. The zero-order valence-corrected chi connectivity index (χ0v) is 14.2. The third-order valence-corrected chi connectivity index (χ3v) is 4.12. The summed E-state index contributed by atoms with van der Waals surface area (Å²) < 4.78 is 8.33. The van der Waals surface area contributed by atoms with Gasteiger partial charge in [0.1, 0.15) is 12.4 Å². The van der Waals surface area contributed by atoms with Gasteiger partial charge in [-0.2, -0.15) is 9.36 Å². The van der Waals surface area contributed by atoms with Crippen molar-refractivity contribution in [2.75, 3.05) is 0 Å². The molecule has 3 aromatic rings. The molecule has 1 aromatic heterocycles. The first-order valence-corrected chi connectivity index (χ1v) is 7.97. The van der Waals surface area contributed by atoms with Gasteiger partial charge in [0, 0.05) is 17.6 Å². The molecule has 0 radical (unpaired) electrons. The van der Waals surface area contributed by atoms with Crippen molar-refractivity contribution in [3.63, 3.8) is 0 Å². The first-order valence-electron chi connectivity index (χ1n) is 7.59. The Labute approximate surface area is 144 Å². The number of hydrogen-bond acceptors (Lipinski definition) is 4. The average Bonchev–Trinajstić information content (AvgIpc) is 2.93. The predicted octanol–water partition coefficient (Wildman–Crippen LogP) is 2.76. The van der Waals surface area contributed by atoms with Crippen molar-refractivity contribution in [3.8, 4) is 11.4 Å². The molecule has 0 aliphatic rings. The lowest BCUT2D eigenvalue weighted by atomic mass is 10.1. The van der Waals surface area contributed by atoms with Crippen molar-refractivity contribution < 1.29 is 4.74 Å². The first kappa shape index (κ1) is 16.3. The number of aryl methyl sites for hydroxylation is 2. The molecular formula is C17H17ClN4O2. The number of tetrazole rings is 1. The fourth-order valence-corrected chi connectivity index (χ4v) is 2.66. The minimum atomic E-state index is -0.340. The Bertz CT molecular complexity index is 917. The molecule has 0 saturated heterocycles. The van der Waals surface area contributed by atoms with E-state index in [1.165, 1.54) is 4.68 Å². The monoisotopic (exact) mass is 344 g/mol. The Kier molecular flexibility index (Phi) is 4.66. The number of rotatable bonds is 5. The van der Waals surface area contributed by atoms with Crippen molar-refractivity contribution in [2.24, 2.45) is 7.05 Å². The van der Waals surface area contributed by atoms with Crippen LogP contribution in [-0.2, 0) is 20.1 Å². The Morgan fingerprint density at radius 2 is 1.92 bits per heavy atom. The van der Waals surface area contributed by atoms with Crippen molar-refractivity contribution >= 4 is 11.6 Å². The second kappa shape index (κ2) is 6.88. The lowest BCUT2D eigenvalue weighted by Crippen LogP contribution is -2.23. The molecule has 124 valence electrons. The van der Waals surface area contributed by atoms with Gasteiger partial charge < -0.3 is 4.74 Å². The maximum absolute atomic E-state index is 12.1. The summed E-state index contributed by atoms with van der Waals surface area (Å²) in [7, 11) is 1.55. The summed E-state index contributed by atoms with van der Waals surface area (Å²) in [4.78, 5) is 12.1. The molecule has 0 fully saturated rings. The standard InChI is InChI=1S/C17H17ClN4O2/c1-3-12-7-4-5-10-16(12)24-11-13-14(18)8-6-9-15(13)22-17(23)21(2)19-20-22/h4-10H,3,11H2,1-2H3. The number of ether oxygens (including phenoxy) is 1. The van der Waals surface area contributed by atoms with Gasteiger partial charge in [0.25, 0.3) is 0 Å². The van der Waals surface area contributed by atoms with Crippen LogP contribution in [-0.4, -0.2) is 19.8 Å². The van der Waals surface area contributed by atoms with Crippen molar-refractivity contribution in [2.45, 2.75) is 20.0 Å². The molecule has 0 aliphatic carbocycles. The van der Waals surface area contributed by atoms with E-state index in [9.17, 15) is 4.79 Å². The van der Waals surface area contributed by atoms with Gasteiger partial charge in [0.15, 0.2) is 0 Å². The van der Waals surface area contributed by atoms with E-state index in [0.29, 0.717) is 16.3 Å². The van der Waals surface area contributed by atoms with Gasteiger partial charge in [0.05, 0.1) is 5.69 Å². The number of halogens is 1. The Balaban J connectivity index is 1.96. The van der Waals surface area contributed by atoms with Crippen LogP contribution in [0.15, 0.2) is 47.3 Å². The summed E-state index contributed by atoms with van der Waals surface area (Å²) in [6, 6.07) is 13.1. The van der Waals surface area contributed by atoms with E-state index in [2.05, 4.69) is 17.4 Å². The normalized spacial score (nSPS) is 10.8. The molecule has 0 aliphatic heterocycles. The minimum Gasteiger partial charge on any atom is -0.488 e. The SMILES string of the molecule is CCc1ccccc1OCc1c(Cl)cccc1-n1nnn(C)c1=O. The van der Waals surface area contributed by atoms with Crippen LogP contribution < -0.4 is 10.4 Å². The number of hydrogen-bond donors (Lipinski definition) is 0. The molecule has 0 atom stereocenters. The van der Waals surface area contributed by atoms with E-state index in [1.54, 1.807) is 25.2 Å². The van der Waals surface area contributed by atoms with Crippen LogP contribution in [0.4, 0.5) is 0 Å². The largest absolute Gasteiger partial charge is 0.488 e. The number of para-hydroxylation sites is 1. The smallest absolute Gasteiger partial charge is 0.368 e. The van der Waals surface area contributed by atoms with E-state index in [0.717, 1.165) is 22.4 Å². The molecule has 7 heteroatoms. The highest BCUT2D eigenvalue weighted by Crippen LogP contribution is 2.25. The number of benzene rings is 2. The van der Waals surface area contributed by atoms with Gasteiger partial charge in [-0.3, -0.25) is 0 Å². The first-order chi connectivity index (χ1) is 11.6. The molecule has 0 spiro atoms. The fourth-order valence-electron chi connectivity index (χ4n) is 2.44. The van der Waals surface area contributed by atoms with Gasteiger partial charge in [-0.1, -0.05) is 42.8 Å². The van der Waals surface area contributed by atoms with Gasteiger partial charge in [-0.15, -0.1) is 0 Å². The predicted molar refractivity (Wildman–Crippen MR) is 91.8 cm³/mol. The highest BCUT2D eigenvalue weighted by atomic mass is 35.5. The topological polar surface area (TPSA) is 61.9 Å². The molecule has 6 nitrogen and oxygen atoms in total. The summed E-state index contributed by atoms with van der Waals surface area (Å²) in [6.07, 6.45) is 0.870. The Morgan fingerprint density at radius 1 is 1.12 bits per heavy atom. The fraction of sp³-hybridized carbons (Fsp3) is 0.235. The van der Waals surface area contributed by atoms with Crippen LogP contribution >= 0.6 is 11.6 Å². The molecule has 2 aromatic carbocycles. The van der Waals surface area contributed by atoms with Gasteiger partial charge >= 0.3 is 5.69 Å². The zero-order chi connectivity index (χ0) is 17.1. The van der Waals surface area contributed by atoms with E-state index in [1.807, 2.05) is 24.3 Å². The molecular weight excluding hydrogens is 328 g/mol. The quantitative estimate of drug-likeness (QED) is 0.714. The van der Waals surface area contributed by atoms with Crippen LogP contribution in [0.1, 0.15) is 18.1 Å². The summed E-state index contributed by atoms with van der Waals surface area (Å²) in [5.74, 6) is 0.803. The molecule has 24 heavy (non-hydrogen) atoms. The van der Waals surface area contributed by atoms with E-state index in [4.69, 9.17) is 16.3 Å². The van der Waals surface area contributed by atoms with Crippen LogP contribution in [0.25, 0.3) is 5.69 Å². The zero-order valence-electron chi connectivity index (χ0n) is 13.4. The minimum absolute atomic E-state index is 0.231. The molecule has 3 rings (SSSR count). The van der Waals surface area contributed by atoms with Crippen LogP contribution in [0.5, 0.6) is 5.75 Å². The molecule has 0 bridgehead atoms. The lowest BCUT2D eigenvalue weighted by Gasteiger charge is -2.13. The molecule has 0 amide bonds. The molecule has 0 N–H and O–H groups in total. The summed E-state index contributed by atoms with van der Waals surface area (Å²) in [5.41, 5.74) is 2.03. The maximum Gasteiger partial charge on any atom is 0.368 e. The van der Waals surface area contributed by atoms with Crippen LogP contribution in [0.3, 0.4) is 0 Å². The van der Waals surface area contributed by atoms with Crippen LogP contribution in [0, 0.1) is 0 Å². The van der Waals surface area contributed by atoms with Gasteiger partial charge in [-0.25, -0.2) is 4.79 Å². The van der Waals surface area contributed by atoms with Crippen molar-refractivity contribution in [1.82, 2.24) is 19.8 Å². The van der Waals surface area contributed by atoms with Gasteiger partial charge in [0.2, 0.25) is 0 Å². The van der Waals surface area contributed by atoms with Crippen LogP contribution in [0.2, 0.25) is 5.02 Å². The Morgan fingerprint density at radius 3 is 2.62 bits per heavy atom.